The highest BCUT2D eigenvalue weighted by molar-refractivity contribution is 7.89. The Kier molecular flexibility index (Phi) is 7.83. The first kappa shape index (κ1) is 27.7. The fourth-order valence-corrected chi connectivity index (χ4v) is 6.18. The van der Waals surface area contributed by atoms with E-state index >= 15 is 0 Å². The van der Waals surface area contributed by atoms with Gasteiger partial charge in [0.2, 0.25) is 15.9 Å². The molecule has 3 heterocycles. The number of rotatable bonds is 7. The molecule has 1 aromatic heterocycles. The van der Waals surface area contributed by atoms with Crippen LogP contribution < -0.4 is 15.4 Å². The molecule has 2 aliphatic heterocycles. The minimum Gasteiger partial charge on any atom is -0.497 e. The molecule has 0 aliphatic carbocycles. The van der Waals surface area contributed by atoms with Gasteiger partial charge in [-0.1, -0.05) is 0 Å². The number of aromatic amines is 1. The molecular weight excluding hydrogens is 548 g/mol. The summed E-state index contributed by atoms with van der Waals surface area (Å²) in [6.07, 6.45) is 1.38. The molecule has 0 atom stereocenters. The first-order chi connectivity index (χ1) is 19.2. The second-order valence-corrected chi connectivity index (χ2v) is 11.4. The molecular formula is C26H27F2N5O6S. The minimum absolute atomic E-state index is 0.0455. The summed E-state index contributed by atoms with van der Waals surface area (Å²) in [5.41, 5.74) is 1.43. The fourth-order valence-electron chi connectivity index (χ4n) is 4.73. The fraction of sp³-hybridized carbons (Fsp3) is 0.346. The molecule has 0 bridgehead atoms. The van der Waals surface area contributed by atoms with Crippen LogP contribution in [0.5, 0.6) is 5.75 Å². The van der Waals surface area contributed by atoms with E-state index in [2.05, 4.69) is 20.8 Å². The number of aromatic nitrogens is 2. The van der Waals surface area contributed by atoms with E-state index in [1.54, 1.807) is 12.1 Å². The van der Waals surface area contributed by atoms with E-state index < -0.39 is 32.5 Å². The van der Waals surface area contributed by atoms with Crippen LogP contribution in [0.2, 0.25) is 0 Å². The summed E-state index contributed by atoms with van der Waals surface area (Å²) < 4.78 is 65.4. The van der Waals surface area contributed by atoms with E-state index in [9.17, 15) is 26.8 Å². The first-order valence-electron chi connectivity index (χ1n) is 12.6. The maximum absolute atomic E-state index is 13.7. The van der Waals surface area contributed by atoms with Crippen LogP contribution in [0.3, 0.4) is 0 Å². The second-order valence-electron chi connectivity index (χ2n) is 9.46. The Morgan fingerprint density at radius 1 is 1.10 bits per heavy atom. The van der Waals surface area contributed by atoms with E-state index in [0.717, 1.165) is 16.4 Å². The summed E-state index contributed by atoms with van der Waals surface area (Å²) in [4.78, 5) is 25.7. The van der Waals surface area contributed by atoms with Crippen LogP contribution in [0, 0.1) is 17.6 Å². The third-order valence-corrected chi connectivity index (χ3v) is 8.75. The van der Waals surface area contributed by atoms with Crippen LogP contribution >= 0.6 is 0 Å². The summed E-state index contributed by atoms with van der Waals surface area (Å²) in [5, 5.41) is 12.5. The van der Waals surface area contributed by atoms with Crippen molar-refractivity contribution in [2.45, 2.75) is 30.7 Å². The van der Waals surface area contributed by atoms with Crippen molar-refractivity contribution in [1.82, 2.24) is 14.5 Å². The third kappa shape index (κ3) is 5.69. The zero-order valence-electron chi connectivity index (χ0n) is 21.5. The SMILES string of the molecule is COc1ccc(C(=O)Nc2n[nH]c3c2CN(S(=O)(=O)c2cc(F)cc(F)c2)CC3)c(NC(=O)C2CCOCC2)c1. The van der Waals surface area contributed by atoms with E-state index in [1.165, 1.54) is 13.2 Å². The third-order valence-electron chi connectivity index (χ3n) is 6.93. The second kappa shape index (κ2) is 11.3. The van der Waals surface area contributed by atoms with E-state index in [1.807, 2.05) is 0 Å². The van der Waals surface area contributed by atoms with Crippen molar-refractivity contribution < 1.29 is 36.3 Å². The van der Waals surface area contributed by atoms with Gasteiger partial charge in [-0.25, -0.2) is 17.2 Å². The number of fused-ring (bicyclic) bond motifs is 1. The molecule has 212 valence electrons. The van der Waals surface area contributed by atoms with Gasteiger partial charge < -0.3 is 20.1 Å². The highest BCUT2D eigenvalue weighted by Gasteiger charge is 2.32. The molecule has 0 radical (unpaired) electrons. The van der Waals surface area contributed by atoms with Crippen molar-refractivity contribution in [1.29, 1.82) is 0 Å². The number of sulfonamides is 1. The van der Waals surface area contributed by atoms with Crippen LogP contribution in [0.4, 0.5) is 20.3 Å². The highest BCUT2D eigenvalue weighted by atomic mass is 32.2. The van der Waals surface area contributed by atoms with Crippen molar-refractivity contribution in [2.75, 3.05) is 37.5 Å². The predicted octanol–water partition coefficient (Wildman–Crippen LogP) is 3.06. The molecule has 5 rings (SSSR count). The molecule has 40 heavy (non-hydrogen) atoms. The van der Waals surface area contributed by atoms with Crippen molar-refractivity contribution in [3.05, 3.63) is 64.9 Å². The quantitative estimate of drug-likeness (QED) is 0.393. The number of nitrogens with zero attached hydrogens (tertiary/aromatic N) is 2. The number of amides is 2. The largest absolute Gasteiger partial charge is 0.497 e. The Morgan fingerprint density at radius 3 is 2.52 bits per heavy atom. The van der Waals surface area contributed by atoms with Crippen LogP contribution in [0.1, 0.15) is 34.5 Å². The monoisotopic (exact) mass is 575 g/mol. The number of hydrogen-bond donors (Lipinski definition) is 3. The van der Waals surface area contributed by atoms with Crippen LogP contribution in [0.25, 0.3) is 0 Å². The van der Waals surface area contributed by atoms with Crippen molar-refractivity contribution in [2.24, 2.45) is 5.92 Å². The lowest BCUT2D eigenvalue weighted by molar-refractivity contribution is -0.122. The molecule has 2 aliphatic rings. The topological polar surface area (TPSA) is 143 Å². The summed E-state index contributed by atoms with van der Waals surface area (Å²) in [6.45, 7) is 0.825. The zero-order valence-corrected chi connectivity index (χ0v) is 22.3. The Balaban J connectivity index is 1.37. The minimum atomic E-state index is -4.24. The van der Waals surface area contributed by atoms with Gasteiger partial charge in [0.15, 0.2) is 5.82 Å². The molecule has 0 saturated carbocycles. The summed E-state index contributed by atoms with van der Waals surface area (Å²) in [5.74, 6) is -2.57. The zero-order chi connectivity index (χ0) is 28.4. The van der Waals surface area contributed by atoms with Crippen LogP contribution in [0.15, 0.2) is 41.3 Å². The maximum atomic E-state index is 13.7. The van der Waals surface area contributed by atoms with Crippen LogP contribution in [-0.2, 0) is 32.5 Å². The molecule has 2 amide bonds. The lowest BCUT2D eigenvalue weighted by atomic mass is 9.99. The van der Waals surface area contributed by atoms with Gasteiger partial charge in [0.05, 0.1) is 23.3 Å². The number of halogens is 2. The van der Waals surface area contributed by atoms with Crippen molar-refractivity contribution in [3.63, 3.8) is 0 Å². The van der Waals surface area contributed by atoms with Crippen LogP contribution in [-0.4, -0.2) is 61.6 Å². The number of hydrogen-bond acceptors (Lipinski definition) is 7. The van der Waals surface area contributed by atoms with Crippen molar-refractivity contribution >= 4 is 33.3 Å². The van der Waals surface area contributed by atoms with E-state index in [4.69, 9.17) is 9.47 Å². The molecule has 1 saturated heterocycles. The number of nitrogens with one attached hydrogen (secondary N) is 3. The van der Waals surface area contributed by atoms with Gasteiger partial charge in [0.25, 0.3) is 5.91 Å². The van der Waals surface area contributed by atoms with Gasteiger partial charge in [-0.15, -0.1) is 0 Å². The number of ether oxygens (including phenoxy) is 2. The Labute approximate surface area is 228 Å². The number of anilines is 2. The highest BCUT2D eigenvalue weighted by Crippen LogP contribution is 2.30. The first-order valence-corrected chi connectivity index (χ1v) is 14.0. The predicted molar refractivity (Wildman–Crippen MR) is 139 cm³/mol. The van der Waals surface area contributed by atoms with Gasteiger partial charge in [-0.3, -0.25) is 14.7 Å². The van der Waals surface area contributed by atoms with E-state index in [0.29, 0.717) is 49.1 Å². The van der Waals surface area contributed by atoms with Gasteiger partial charge in [0, 0.05) is 62.0 Å². The standard InChI is InChI=1S/C26H27F2N5O6S/c1-38-18-2-3-20(23(13-18)29-25(34)15-5-8-39-9-6-15)26(35)30-24-21-14-33(7-4-22(21)31-32-24)40(36,37)19-11-16(27)10-17(28)12-19/h2-3,10-13,15H,4-9,14H2,1H3,(H,29,34)(H2,30,31,32,35). The molecule has 3 aromatic rings. The normalized spacial score (nSPS) is 16.3. The number of carbonyl (C=O) groups excluding carboxylic acids is 2. The van der Waals surface area contributed by atoms with Gasteiger partial charge >= 0.3 is 0 Å². The summed E-state index contributed by atoms with van der Waals surface area (Å²) in [6, 6.07) is 6.72. The molecule has 2 aromatic carbocycles. The van der Waals surface area contributed by atoms with Gasteiger partial charge in [-0.05, 0) is 37.1 Å². The molecule has 0 unspecified atom stereocenters. The smallest absolute Gasteiger partial charge is 0.258 e. The lowest BCUT2D eigenvalue weighted by Gasteiger charge is -2.26. The molecule has 14 heteroatoms. The molecule has 0 spiro atoms. The number of methoxy groups -OCH3 is 1. The van der Waals surface area contributed by atoms with Crippen molar-refractivity contribution in [3.8, 4) is 5.75 Å². The summed E-state index contributed by atoms with van der Waals surface area (Å²) in [7, 11) is -2.77. The number of benzene rings is 2. The Morgan fingerprint density at radius 2 is 1.82 bits per heavy atom. The molecule has 1 fully saturated rings. The Bertz CT molecular complexity index is 1530. The van der Waals surface area contributed by atoms with E-state index in [-0.39, 0.29) is 48.4 Å². The van der Waals surface area contributed by atoms with Gasteiger partial charge in [-0.2, -0.15) is 9.40 Å². The average molecular weight is 576 g/mol. The molecule has 11 nitrogen and oxygen atoms in total. The Hall–Kier alpha value is -3.88. The number of H-pyrrole nitrogens is 1. The number of carbonyl (C=O) groups is 2. The summed E-state index contributed by atoms with van der Waals surface area (Å²) >= 11 is 0. The molecule has 3 N–H and O–H groups in total. The average Bonchev–Trinajstić information content (AvgIpc) is 3.34. The maximum Gasteiger partial charge on any atom is 0.258 e. The van der Waals surface area contributed by atoms with Gasteiger partial charge in [0.1, 0.15) is 17.4 Å². The lowest BCUT2D eigenvalue weighted by Crippen LogP contribution is -2.36.